The number of non-ortho nitro benzene ring substituents is 1. The molecule has 25 heavy (non-hydrogen) atoms. The van der Waals surface area contributed by atoms with Crippen LogP contribution in [-0.4, -0.2) is 21.6 Å². The van der Waals surface area contributed by atoms with Crippen molar-refractivity contribution in [2.45, 2.75) is 17.3 Å². The summed E-state index contributed by atoms with van der Waals surface area (Å²) in [6.45, 7) is 2.01. The average Bonchev–Trinajstić information content (AvgIpc) is 3.10. The van der Waals surface area contributed by atoms with Gasteiger partial charge in [-0.1, -0.05) is 30.0 Å². The van der Waals surface area contributed by atoms with Crippen molar-refractivity contribution >= 4 is 17.4 Å². The fourth-order valence-electron chi connectivity index (χ4n) is 2.45. The van der Waals surface area contributed by atoms with Gasteiger partial charge in [0.15, 0.2) is 5.16 Å². The molecule has 0 spiro atoms. The van der Waals surface area contributed by atoms with Crippen molar-refractivity contribution in [3.63, 3.8) is 0 Å². The second-order valence-corrected chi connectivity index (χ2v) is 6.70. The lowest BCUT2D eigenvalue weighted by atomic mass is 10.1. The van der Waals surface area contributed by atoms with Crippen LogP contribution in [0.1, 0.15) is 17.7 Å². The van der Waals surface area contributed by atoms with Gasteiger partial charge in [-0.2, -0.15) is 0 Å². The first-order chi connectivity index (χ1) is 12.1. The molecule has 0 aliphatic carbocycles. The Kier molecular flexibility index (Phi) is 5.04. The van der Waals surface area contributed by atoms with E-state index >= 15 is 0 Å². The molecule has 0 radical (unpaired) electrons. The number of nitro benzene ring substituents is 1. The largest absolute Gasteiger partial charge is 0.497 e. The monoisotopic (exact) mass is 355 g/mol. The lowest BCUT2D eigenvalue weighted by Crippen LogP contribution is -1.98. The lowest BCUT2D eigenvalue weighted by molar-refractivity contribution is -0.384. The molecule has 0 aliphatic heterocycles. The zero-order valence-electron chi connectivity index (χ0n) is 13.8. The zero-order valence-corrected chi connectivity index (χ0v) is 14.6. The minimum Gasteiger partial charge on any atom is -0.497 e. The maximum Gasteiger partial charge on any atom is 0.269 e. The molecule has 3 rings (SSSR count). The number of ether oxygens (including phenoxy) is 1. The maximum absolute atomic E-state index is 11.0. The highest BCUT2D eigenvalue weighted by Crippen LogP contribution is 2.36. The predicted molar refractivity (Wildman–Crippen MR) is 97.5 cm³/mol. The summed E-state index contributed by atoms with van der Waals surface area (Å²) in [5.41, 5.74) is 1.94. The molecule has 128 valence electrons. The molecule has 0 saturated carbocycles. The summed E-state index contributed by atoms with van der Waals surface area (Å²) < 4.78 is 7.25. The lowest BCUT2D eigenvalue weighted by Gasteiger charge is -2.13. The first-order valence-corrected chi connectivity index (χ1v) is 8.55. The van der Waals surface area contributed by atoms with E-state index in [0.29, 0.717) is 0 Å². The highest BCUT2D eigenvalue weighted by Gasteiger charge is 2.15. The van der Waals surface area contributed by atoms with E-state index in [9.17, 15) is 10.1 Å². The normalized spacial score (nSPS) is 11.9. The number of hydrogen-bond acceptors (Lipinski definition) is 5. The number of aromatic nitrogens is 2. The molecule has 0 saturated heterocycles. The van der Waals surface area contributed by atoms with Crippen molar-refractivity contribution in [1.82, 2.24) is 9.55 Å². The number of nitrogens with zero attached hydrogens (tertiary/aromatic N) is 3. The van der Waals surface area contributed by atoms with E-state index < -0.39 is 0 Å². The molecule has 0 amide bonds. The number of methoxy groups -OCH3 is 1. The van der Waals surface area contributed by atoms with E-state index in [4.69, 9.17) is 4.74 Å². The van der Waals surface area contributed by atoms with Gasteiger partial charge in [-0.05, 0) is 24.6 Å². The predicted octanol–water partition coefficient (Wildman–Crippen LogP) is 4.64. The summed E-state index contributed by atoms with van der Waals surface area (Å²) in [6.07, 6.45) is 3.62. The number of imidazole rings is 1. The molecule has 0 fully saturated rings. The number of thioether (sulfide) groups is 1. The van der Waals surface area contributed by atoms with Crippen LogP contribution in [-0.2, 0) is 0 Å². The van der Waals surface area contributed by atoms with Gasteiger partial charge < -0.3 is 4.74 Å². The van der Waals surface area contributed by atoms with Gasteiger partial charge in [-0.25, -0.2) is 4.98 Å². The molecule has 0 aliphatic rings. The molecule has 3 aromatic rings. The van der Waals surface area contributed by atoms with Crippen LogP contribution in [0.2, 0.25) is 0 Å². The van der Waals surface area contributed by atoms with Gasteiger partial charge in [0.2, 0.25) is 0 Å². The first kappa shape index (κ1) is 17.0. The minimum atomic E-state index is -0.377. The van der Waals surface area contributed by atoms with Gasteiger partial charge in [-0.3, -0.25) is 14.7 Å². The third-order valence-corrected chi connectivity index (χ3v) is 4.91. The minimum absolute atomic E-state index is 0.0201. The Morgan fingerprint density at radius 1 is 1.24 bits per heavy atom. The number of nitro groups is 1. The van der Waals surface area contributed by atoms with Gasteiger partial charge in [-0.15, -0.1) is 0 Å². The Labute approximate surface area is 149 Å². The van der Waals surface area contributed by atoms with Crippen LogP contribution in [0, 0.1) is 10.1 Å². The Morgan fingerprint density at radius 3 is 2.80 bits per heavy atom. The molecule has 1 unspecified atom stereocenters. The van der Waals surface area contributed by atoms with Gasteiger partial charge >= 0.3 is 0 Å². The highest BCUT2D eigenvalue weighted by atomic mass is 32.2. The molecule has 0 bridgehead atoms. The topological polar surface area (TPSA) is 70.2 Å². The molecule has 7 heteroatoms. The molecule has 1 aromatic heterocycles. The summed E-state index contributed by atoms with van der Waals surface area (Å²) >= 11 is 1.55. The second-order valence-electron chi connectivity index (χ2n) is 5.39. The smallest absolute Gasteiger partial charge is 0.269 e. The Hall–Kier alpha value is -2.80. The summed E-state index contributed by atoms with van der Waals surface area (Å²) in [7, 11) is 1.63. The molecule has 6 nitrogen and oxygen atoms in total. The van der Waals surface area contributed by atoms with Crippen molar-refractivity contribution in [2.24, 2.45) is 0 Å². The number of benzene rings is 2. The number of hydrogen-bond donors (Lipinski definition) is 0. The van der Waals surface area contributed by atoms with Crippen molar-refractivity contribution in [1.29, 1.82) is 0 Å². The van der Waals surface area contributed by atoms with Crippen molar-refractivity contribution in [3.8, 4) is 11.4 Å². The molecular weight excluding hydrogens is 338 g/mol. The fraction of sp³-hybridized carbons (Fsp3) is 0.167. The molecule has 2 aromatic carbocycles. The first-order valence-electron chi connectivity index (χ1n) is 7.67. The molecule has 1 atom stereocenters. The van der Waals surface area contributed by atoms with Crippen LogP contribution in [0.25, 0.3) is 5.69 Å². The van der Waals surface area contributed by atoms with E-state index in [1.165, 1.54) is 6.07 Å². The summed E-state index contributed by atoms with van der Waals surface area (Å²) in [5, 5.41) is 11.8. The van der Waals surface area contributed by atoms with Crippen molar-refractivity contribution in [2.75, 3.05) is 7.11 Å². The van der Waals surface area contributed by atoms with Crippen LogP contribution < -0.4 is 4.74 Å². The third kappa shape index (κ3) is 3.83. The van der Waals surface area contributed by atoms with Gasteiger partial charge in [0.05, 0.1) is 17.7 Å². The van der Waals surface area contributed by atoms with Crippen LogP contribution >= 0.6 is 11.8 Å². The van der Waals surface area contributed by atoms with Crippen molar-refractivity contribution < 1.29 is 9.66 Å². The summed E-state index contributed by atoms with van der Waals surface area (Å²) in [6, 6.07) is 14.4. The molecule has 0 N–H and O–H groups in total. The van der Waals surface area contributed by atoms with Gasteiger partial charge in [0.25, 0.3) is 5.69 Å². The maximum atomic E-state index is 11.0. The van der Waals surface area contributed by atoms with E-state index in [-0.39, 0.29) is 15.9 Å². The zero-order chi connectivity index (χ0) is 17.8. The Balaban J connectivity index is 1.85. The van der Waals surface area contributed by atoms with Crippen LogP contribution in [0.4, 0.5) is 5.69 Å². The quantitative estimate of drug-likeness (QED) is 0.366. The fourth-order valence-corrected chi connectivity index (χ4v) is 3.45. The van der Waals surface area contributed by atoms with E-state index in [1.807, 2.05) is 48.0 Å². The van der Waals surface area contributed by atoms with E-state index in [2.05, 4.69) is 4.98 Å². The average molecular weight is 355 g/mol. The Bertz CT molecular complexity index is 895. The van der Waals surface area contributed by atoms with Crippen LogP contribution in [0.15, 0.2) is 66.1 Å². The Morgan fingerprint density at radius 2 is 2.04 bits per heavy atom. The van der Waals surface area contributed by atoms with Gasteiger partial charge in [0, 0.05) is 35.8 Å². The summed E-state index contributed by atoms with van der Waals surface area (Å²) in [4.78, 5) is 15.0. The summed E-state index contributed by atoms with van der Waals surface area (Å²) in [5.74, 6) is 0.772. The second kappa shape index (κ2) is 7.40. The standard InChI is InChI=1S/C18H17N3O3S/c1-13(14-5-3-7-16(11-14)21(22)23)25-18-19-9-10-20(18)15-6-4-8-17(12-15)24-2/h3-13H,1-2H3. The number of rotatable bonds is 6. The van der Waals surface area contributed by atoms with E-state index in [1.54, 1.807) is 37.2 Å². The van der Waals surface area contributed by atoms with Crippen LogP contribution in [0.3, 0.4) is 0 Å². The molecule has 1 heterocycles. The van der Waals surface area contributed by atoms with Crippen LogP contribution in [0.5, 0.6) is 5.75 Å². The van der Waals surface area contributed by atoms with Gasteiger partial charge in [0.1, 0.15) is 5.75 Å². The third-order valence-electron chi connectivity index (χ3n) is 3.77. The SMILES string of the molecule is COc1cccc(-n2ccnc2SC(C)c2cccc([N+](=O)[O-])c2)c1. The molecular formula is C18H17N3O3S. The van der Waals surface area contributed by atoms with E-state index in [0.717, 1.165) is 22.2 Å². The van der Waals surface area contributed by atoms with Crippen molar-refractivity contribution in [3.05, 3.63) is 76.6 Å². The highest BCUT2D eigenvalue weighted by molar-refractivity contribution is 7.99.